The van der Waals surface area contributed by atoms with Gasteiger partial charge in [-0.15, -0.1) is 10.2 Å². The van der Waals surface area contributed by atoms with E-state index in [2.05, 4.69) is 33.9 Å². The Morgan fingerprint density at radius 3 is 2.70 bits per heavy atom. The first kappa shape index (κ1) is 16.8. The summed E-state index contributed by atoms with van der Waals surface area (Å²) in [6, 6.07) is 0.316. The monoisotopic (exact) mass is 336 g/mol. The van der Waals surface area contributed by atoms with E-state index in [1.165, 1.54) is 37.4 Å². The number of amides is 1. The van der Waals surface area contributed by atoms with E-state index in [-0.39, 0.29) is 11.2 Å². The zero-order valence-corrected chi connectivity index (χ0v) is 15.4. The molecule has 0 unspecified atom stereocenters. The van der Waals surface area contributed by atoms with Gasteiger partial charge in [-0.05, 0) is 38.0 Å². The Hall–Kier alpha value is -1.04. The van der Waals surface area contributed by atoms with Crippen LogP contribution in [0.2, 0.25) is 0 Å². The topological polar surface area (TPSA) is 59.8 Å². The molecule has 1 heterocycles. The van der Waals surface area contributed by atoms with Crippen LogP contribution >= 0.6 is 11.8 Å². The smallest absolute Gasteiger partial charge is 0.233 e. The molecule has 1 amide bonds. The highest BCUT2D eigenvalue weighted by atomic mass is 32.2. The summed E-state index contributed by atoms with van der Waals surface area (Å²) >= 11 is 1.51. The van der Waals surface area contributed by atoms with Crippen molar-refractivity contribution in [2.45, 2.75) is 75.2 Å². The van der Waals surface area contributed by atoms with Crippen LogP contribution in [-0.4, -0.2) is 32.0 Å². The lowest BCUT2D eigenvalue weighted by molar-refractivity contribution is -0.121. The molecule has 2 aliphatic carbocycles. The maximum Gasteiger partial charge on any atom is 0.233 e. The number of carbonyl (C=O) groups is 1. The van der Waals surface area contributed by atoms with Crippen molar-refractivity contribution in [3.8, 4) is 0 Å². The molecule has 23 heavy (non-hydrogen) atoms. The molecule has 0 spiro atoms. The average Bonchev–Trinajstić information content (AvgIpc) is 3.30. The van der Waals surface area contributed by atoms with Crippen molar-refractivity contribution in [1.82, 2.24) is 20.1 Å². The van der Waals surface area contributed by atoms with Gasteiger partial charge in [-0.25, -0.2) is 0 Å². The van der Waals surface area contributed by atoms with Crippen molar-refractivity contribution < 1.29 is 4.79 Å². The second-order valence-electron chi connectivity index (χ2n) is 7.32. The minimum Gasteiger partial charge on any atom is -0.352 e. The van der Waals surface area contributed by atoms with E-state index in [0.29, 0.717) is 23.8 Å². The van der Waals surface area contributed by atoms with Crippen LogP contribution < -0.4 is 5.32 Å². The van der Waals surface area contributed by atoms with E-state index in [1.807, 2.05) is 14.0 Å². The van der Waals surface area contributed by atoms with Gasteiger partial charge in [0.05, 0.1) is 5.25 Å². The SMILES string of the molecule is C[C@H]1[C@@H](NC(=O)[C@@H](C)Sc2nnc(C3CC3)n2C)CCC[C@@H]1C. The fourth-order valence-electron chi connectivity index (χ4n) is 3.42. The predicted octanol–water partition coefficient (Wildman–Crippen LogP) is 3.11. The summed E-state index contributed by atoms with van der Waals surface area (Å²) < 4.78 is 2.05. The van der Waals surface area contributed by atoms with Gasteiger partial charge in [0.25, 0.3) is 0 Å². The van der Waals surface area contributed by atoms with Gasteiger partial charge in [0.2, 0.25) is 5.91 Å². The number of hydrogen-bond acceptors (Lipinski definition) is 4. The van der Waals surface area contributed by atoms with Crippen molar-refractivity contribution in [2.24, 2.45) is 18.9 Å². The Kier molecular flexibility index (Phi) is 4.99. The van der Waals surface area contributed by atoms with Crippen LogP contribution in [0.1, 0.15) is 64.6 Å². The number of nitrogens with one attached hydrogen (secondary N) is 1. The molecule has 1 aromatic heterocycles. The Morgan fingerprint density at radius 2 is 2.00 bits per heavy atom. The van der Waals surface area contributed by atoms with Crippen LogP contribution in [0.5, 0.6) is 0 Å². The van der Waals surface area contributed by atoms with E-state index in [0.717, 1.165) is 17.4 Å². The zero-order valence-electron chi connectivity index (χ0n) is 14.6. The van der Waals surface area contributed by atoms with Crippen LogP contribution in [0.4, 0.5) is 0 Å². The van der Waals surface area contributed by atoms with Crippen LogP contribution in [-0.2, 0) is 11.8 Å². The lowest BCUT2D eigenvalue weighted by atomic mass is 9.78. The third-order valence-electron chi connectivity index (χ3n) is 5.50. The van der Waals surface area contributed by atoms with E-state index in [4.69, 9.17) is 0 Å². The largest absolute Gasteiger partial charge is 0.352 e. The summed E-state index contributed by atoms with van der Waals surface area (Å²) in [6.07, 6.45) is 6.02. The molecule has 2 saturated carbocycles. The van der Waals surface area contributed by atoms with Crippen LogP contribution in [0.3, 0.4) is 0 Å². The minimum absolute atomic E-state index is 0.122. The minimum atomic E-state index is -0.144. The van der Waals surface area contributed by atoms with Crippen molar-refractivity contribution in [3.63, 3.8) is 0 Å². The van der Waals surface area contributed by atoms with Gasteiger partial charge in [0, 0.05) is 19.0 Å². The van der Waals surface area contributed by atoms with Gasteiger partial charge < -0.3 is 9.88 Å². The molecule has 0 saturated heterocycles. The van der Waals surface area contributed by atoms with Gasteiger partial charge in [-0.1, -0.05) is 38.5 Å². The van der Waals surface area contributed by atoms with Gasteiger partial charge in [0.15, 0.2) is 5.16 Å². The molecule has 0 radical (unpaired) electrons. The Morgan fingerprint density at radius 1 is 1.26 bits per heavy atom. The molecule has 128 valence electrons. The molecule has 3 rings (SSSR count). The number of rotatable bonds is 5. The average molecular weight is 337 g/mol. The fourth-order valence-corrected chi connectivity index (χ4v) is 4.25. The highest BCUT2D eigenvalue weighted by Gasteiger charge is 2.31. The third kappa shape index (κ3) is 3.73. The van der Waals surface area contributed by atoms with Crippen LogP contribution in [0.15, 0.2) is 5.16 Å². The third-order valence-corrected chi connectivity index (χ3v) is 6.63. The summed E-state index contributed by atoms with van der Waals surface area (Å²) in [5.74, 6) is 3.01. The van der Waals surface area contributed by atoms with Crippen LogP contribution in [0, 0.1) is 11.8 Å². The molecular formula is C17H28N4OS. The number of thioether (sulfide) groups is 1. The molecule has 2 fully saturated rings. The molecule has 1 N–H and O–H groups in total. The van der Waals surface area contributed by atoms with E-state index < -0.39 is 0 Å². The van der Waals surface area contributed by atoms with E-state index in [1.54, 1.807) is 0 Å². The van der Waals surface area contributed by atoms with Gasteiger partial charge in [0.1, 0.15) is 5.82 Å². The van der Waals surface area contributed by atoms with Crippen LogP contribution in [0.25, 0.3) is 0 Å². The van der Waals surface area contributed by atoms with Gasteiger partial charge in [-0.2, -0.15) is 0 Å². The first-order valence-corrected chi connectivity index (χ1v) is 9.71. The van der Waals surface area contributed by atoms with Gasteiger partial charge >= 0.3 is 0 Å². The lowest BCUT2D eigenvalue weighted by Crippen LogP contribution is -2.46. The summed E-state index contributed by atoms with van der Waals surface area (Å²) in [7, 11) is 2.01. The van der Waals surface area contributed by atoms with E-state index in [9.17, 15) is 4.79 Å². The standard InChI is InChI=1S/C17H28N4OS/c1-10-6-5-7-14(11(10)2)18-16(22)12(3)23-17-20-19-15(21(17)4)13-8-9-13/h10-14H,5-9H2,1-4H3,(H,18,22)/t10-,11+,12+,14-/m0/s1. The maximum absolute atomic E-state index is 12.5. The molecular weight excluding hydrogens is 308 g/mol. The Balaban J connectivity index is 1.57. The molecule has 2 aliphatic rings. The van der Waals surface area contributed by atoms with Crippen molar-refractivity contribution in [2.75, 3.05) is 0 Å². The fraction of sp³-hybridized carbons (Fsp3) is 0.824. The first-order chi connectivity index (χ1) is 11.0. The molecule has 0 aliphatic heterocycles. The second-order valence-corrected chi connectivity index (χ2v) is 8.62. The molecule has 0 aromatic carbocycles. The van der Waals surface area contributed by atoms with Crippen molar-refractivity contribution in [3.05, 3.63) is 5.82 Å². The highest BCUT2D eigenvalue weighted by Crippen LogP contribution is 2.39. The summed E-state index contributed by atoms with van der Waals surface area (Å²) in [5.41, 5.74) is 0. The lowest BCUT2D eigenvalue weighted by Gasteiger charge is -2.35. The number of carbonyl (C=O) groups excluding carboxylic acids is 1. The molecule has 5 nitrogen and oxygen atoms in total. The summed E-state index contributed by atoms with van der Waals surface area (Å²) in [6.45, 7) is 6.51. The predicted molar refractivity (Wildman–Crippen MR) is 92.4 cm³/mol. The number of nitrogens with zero attached hydrogens (tertiary/aromatic N) is 3. The Bertz CT molecular complexity index is 569. The first-order valence-electron chi connectivity index (χ1n) is 8.83. The summed E-state index contributed by atoms with van der Waals surface area (Å²) in [5, 5.41) is 12.5. The van der Waals surface area contributed by atoms with Crippen molar-refractivity contribution >= 4 is 17.7 Å². The van der Waals surface area contributed by atoms with Gasteiger partial charge in [-0.3, -0.25) is 4.79 Å². The molecule has 0 bridgehead atoms. The number of hydrogen-bond donors (Lipinski definition) is 1. The zero-order chi connectivity index (χ0) is 16.6. The normalized spacial score (nSPS) is 29.3. The Labute approximate surface area is 143 Å². The van der Waals surface area contributed by atoms with Crippen molar-refractivity contribution in [1.29, 1.82) is 0 Å². The molecule has 6 heteroatoms. The second kappa shape index (κ2) is 6.83. The van der Waals surface area contributed by atoms with E-state index >= 15 is 0 Å². The maximum atomic E-state index is 12.5. The number of aromatic nitrogens is 3. The molecule has 1 aromatic rings. The quantitative estimate of drug-likeness (QED) is 0.839. The summed E-state index contributed by atoms with van der Waals surface area (Å²) in [4.78, 5) is 12.5. The highest BCUT2D eigenvalue weighted by molar-refractivity contribution is 8.00. The molecule has 4 atom stereocenters.